The topological polar surface area (TPSA) is 69.6 Å². The molecule has 2 unspecified atom stereocenters. The molecule has 1 aliphatic carbocycles. The summed E-state index contributed by atoms with van der Waals surface area (Å²) in [5.74, 6) is -0.667. The Morgan fingerprint density at radius 3 is 2.67 bits per heavy atom. The lowest BCUT2D eigenvalue weighted by Gasteiger charge is -2.32. The Kier molecular flexibility index (Phi) is 3.50. The zero-order valence-corrected chi connectivity index (χ0v) is 11.1. The normalized spacial score (nSPS) is 29.8. The zero-order chi connectivity index (χ0) is 13.3. The Labute approximate surface area is 108 Å². The van der Waals surface area contributed by atoms with Crippen LogP contribution < -0.4 is 5.32 Å². The third-order valence-corrected chi connectivity index (χ3v) is 4.08. The fourth-order valence-corrected chi connectivity index (χ4v) is 2.62. The summed E-state index contributed by atoms with van der Waals surface area (Å²) in [5.41, 5.74) is 0.228. The Morgan fingerprint density at radius 2 is 2.11 bits per heavy atom. The number of carbonyl (C=O) groups excluding carboxylic acids is 1. The molecule has 1 saturated carbocycles. The fourth-order valence-electron chi connectivity index (χ4n) is 2.62. The summed E-state index contributed by atoms with van der Waals surface area (Å²) in [6.45, 7) is 5.60. The molecule has 2 fully saturated rings. The van der Waals surface area contributed by atoms with Crippen molar-refractivity contribution in [1.82, 2.24) is 10.2 Å². The second-order valence-corrected chi connectivity index (χ2v) is 6.25. The van der Waals surface area contributed by atoms with Crippen LogP contribution in [0.5, 0.6) is 0 Å². The van der Waals surface area contributed by atoms with Gasteiger partial charge in [0.1, 0.15) is 0 Å². The largest absolute Gasteiger partial charge is 0.481 e. The highest BCUT2D eigenvalue weighted by Crippen LogP contribution is 2.44. The van der Waals surface area contributed by atoms with E-state index in [1.807, 2.05) is 0 Å². The SMILES string of the molecule is CC1(C)CC1NC(=O)N1CCCC(CC(=O)O)C1. The molecule has 0 aromatic rings. The van der Waals surface area contributed by atoms with Gasteiger partial charge in [0.05, 0.1) is 0 Å². The highest BCUT2D eigenvalue weighted by Gasteiger charge is 2.47. The summed E-state index contributed by atoms with van der Waals surface area (Å²) in [4.78, 5) is 24.5. The summed E-state index contributed by atoms with van der Waals surface area (Å²) < 4.78 is 0. The van der Waals surface area contributed by atoms with E-state index in [1.165, 1.54) is 0 Å². The number of piperidine rings is 1. The molecule has 1 aliphatic heterocycles. The first-order valence-electron chi connectivity index (χ1n) is 6.66. The summed E-state index contributed by atoms with van der Waals surface area (Å²) in [6, 6.07) is 0.255. The molecule has 2 rings (SSSR count). The van der Waals surface area contributed by atoms with Crippen LogP contribution in [-0.2, 0) is 4.79 Å². The van der Waals surface area contributed by atoms with E-state index >= 15 is 0 Å². The zero-order valence-electron chi connectivity index (χ0n) is 11.1. The number of carbonyl (C=O) groups is 2. The predicted molar refractivity (Wildman–Crippen MR) is 67.3 cm³/mol. The van der Waals surface area contributed by atoms with Crippen LogP contribution in [0.3, 0.4) is 0 Å². The average Bonchev–Trinajstić information content (AvgIpc) is 2.85. The number of carboxylic acid groups (broad SMARTS) is 1. The maximum absolute atomic E-state index is 12.0. The van der Waals surface area contributed by atoms with Crippen LogP contribution in [-0.4, -0.2) is 41.1 Å². The number of nitrogens with zero attached hydrogens (tertiary/aromatic N) is 1. The molecule has 0 bridgehead atoms. The summed E-state index contributed by atoms with van der Waals surface area (Å²) in [6.07, 6.45) is 3.01. The van der Waals surface area contributed by atoms with Crippen molar-refractivity contribution in [3.63, 3.8) is 0 Å². The van der Waals surface area contributed by atoms with E-state index in [-0.39, 0.29) is 29.8 Å². The molecule has 5 heteroatoms. The van der Waals surface area contributed by atoms with Gasteiger partial charge < -0.3 is 15.3 Å². The second kappa shape index (κ2) is 4.78. The van der Waals surface area contributed by atoms with Crippen LogP contribution in [0.1, 0.15) is 39.5 Å². The number of aliphatic carboxylic acids is 1. The van der Waals surface area contributed by atoms with Crippen LogP contribution in [0.4, 0.5) is 4.79 Å². The predicted octanol–water partition coefficient (Wildman–Crippen LogP) is 1.68. The van der Waals surface area contributed by atoms with E-state index in [4.69, 9.17) is 5.11 Å². The average molecular weight is 254 g/mol. The Hall–Kier alpha value is -1.26. The number of likely N-dealkylation sites (tertiary alicyclic amines) is 1. The molecule has 2 aliphatic rings. The van der Waals surface area contributed by atoms with Gasteiger partial charge in [0.2, 0.25) is 0 Å². The summed E-state index contributed by atoms with van der Waals surface area (Å²) in [7, 11) is 0. The first-order valence-corrected chi connectivity index (χ1v) is 6.66. The van der Waals surface area contributed by atoms with Gasteiger partial charge in [0, 0.05) is 25.6 Å². The van der Waals surface area contributed by atoms with E-state index < -0.39 is 5.97 Å². The second-order valence-electron chi connectivity index (χ2n) is 6.25. The first-order chi connectivity index (χ1) is 8.38. The van der Waals surface area contributed by atoms with Crippen molar-refractivity contribution >= 4 is 12.0 Å². The minimum absolute atomic E-state index is 0.0272. The maximum atomic E-state index is 12.0. The van der Waals surface area contributed by atoms with Crippen molar-refractivity contribution in [3.8, 4) is 0 Å². The van der Waals surface area contributed by atoms with Crippen molar-refractivity contribution in [1.29, 1.82) is 0 Å². The van der Waals surface area contributed by atoms with Crippen LogP contribution in [0.15, 0.2) is 0 Å². The first kappa shape index (κ1) is 13.2. The minimum Gasteiger partial charge on any atom is -0.481 e. The molecule has 0 aromatic carbocycles. The maximum Gasteiger partial charge on any atom is 0.317 e. The highest BCUT2D eigenvalue weighted by atomic mass is 16.4. The molecule has 0 spiro atoms. The molecule has 5 nitrogen and oxygen atoms in total. The van der Waals surface area contributed by atoms with Gasteiger partial charge in [-0.05, 0) is 30.6 Å². The van der Waals surface area contributed by atoms with Gasteiger partial charge in [0.15, 0.2) is 0 Å². The standard InChI is InChI=1S/C13H22N2O3/c1-13(2)7-10(13)14-12(18)15-5-3-4-9(8-15)6-11(16)17/h9-10H,3-8H2,1-2H3,(H,14,18)(H,16,17). The van der Waals surface area contributed by atoms with Gasteiger partial charge in [-0.25, -0.2) is 4.79 Å². The molecular weight excluding hydrogens is 232 g/mol. The molecule has 102 valence electrons. The van der Waals surface area contributed by atoms with Crippen molar-refractivity contribution in [3.05, 3.63) is 0 Å². The van der Waals surface area contributed by atoms with E-state index in [9.17, 15) is 9.59 Å². The van der Waals surface area contributed by atoms with Gasteiger partial charge in [-0.3, -0.25) is 4.79 Å². The Morgan fingerprint density at radius 1 is 1.44 bits per heavy atom. The molecule has 2 N–H and O–H groups in total. The molecule has 0 aromatic heterocycles. The van der Waals surface area contributed by atoms with Crippen LogP contribution >= 0.6 is 0 Å². The van der Waals surface area contributed by atoms with Gasteiger partial charge in [-0.1, -0.05) is 13.8 Å². The molecular formula is C13H22N2O3. The summed E-state index contributed by atoms with van der Waals surface area (Å²) in [5, 5.41) is 11.8. The number of amides is 2. The van der Waals surface area contributed by atoms with Gasteiger partial charge >= 0.3 is 12.0 Å². The number of hydrogen-bond donors (Lipinski definition) is 2. The lowest BCUT2D eigenvalue weighted by atomic mass is 9.95. The molecule has 0 radical (unpaired) electrons. The monoisotopic (exact) mass is 254 g/mol. The third-order valence-electron chi connectivity index (χ3n) is 4.08. The Bertz CT molecular complexity index is 354. The van der Waals surface area contributed by atoms with Crippen LogP contribution in [0.2, 0.25) is 0 Å². The number of urea groups is 1. The molecule has 2 atom stereocenters. The minimum atomic E-state index is -0.773. The van der Waals surface area contributed by atoms with Gasteiger partial charge in [0.25, 0.3) is 0 Å². The number of hydrogen-bond acceptors (Lipinski definition) is 2. The molecule has 1 heterocycles. The number of rotatable bonds is 3. The van der Waals surface area contributed by atoms with Crippen LogP contribution in [0, 0.1) is 11.3 Å². The summed E-state index contributed by atoms with van der Waals surface area (Å²) >= 11 is 0. The van der Waals surface area contributed by atoms with Gasteiger partial charge in [-0.2, -0.15) is 0 Å². The number of nitrogens with one attached hydrogen (secondary N) is 1. The highest BCUT2D eigenvalue weighted by molar-refractivity contribution is 5.75. The van der Waals surface area contributed by atoms with E-state index in [0.29, 0.717) is 6.54 Å². The lowest BCUT2D eigenvalue weighted by molar-refractivity contribution is -0.138. The fraction of sp³-hybridized carbons (Fsp3) is 0.846. The smallest absolute Gasteiger partial charge is 0.317 e. The van der Waals surface area contributed by atoms with E-state index in [1.54, 1.807) is 4.90 Å². The lowest BCUT2D eigenvalue weighted by Crippen LogP contribution is -2.47. The third kappa shape index (κ3) is 3.15. The molecule has 2 amide bonds. The van der Waals surface area contributed by atoms with Gasteiger partial charge in [-0.15, -0.1) is 0 Å². The molecule has 18 heavy (non-hydrogen) atoms. The van der Waals surface area contributed by atoms with Crippen molar-refractivity contribution in [2.45, 2.75) is 45.6 Å². The Balaban J connectivity index is 1.81. The van der Waals surface area contributed by atoms with E-state index in [2.05, 4.69) is 19.2 Å². The van der Waals surface area contributed by atoms with E-state index in [0.717, 1.165) is 25.8 Å². The quantitative estimate of drug-likeness (QED) is 0.805. The van der Waals surface area contributed by atoms with Crippen molar-refractivity contribution < 1.29 is 14.7 Å². The van der Waals surface area contributed by atoms with Crippen molar-refractivity contribution in [2.24, 2.45) is 11.3 Å². The molecule has 1 saturated heterocycles. The number of carboxylic acids is 1. The van der Waals surface area contributed by atoms with Crippen molar-refractivity contribution in [2.75, 3.05) is 13.1 Å². The van der Waals surface area contributed by atoms with Crippen LogP contribution in [0.25, 0.3) is 0 Å².